The van der Waals surface area contributed by atoms with Gasteiger partial charge in [0.25, 0.3) is 0 Å². The highest BCUT2D eigenvalue weighted by Gasteiger charge is 2.26. The first kappa shape index (κ1) is 13.2. The molecule has 0 aromatic heterocycles. The highest BCUT2D eigenvalue weighted by molar-refractivity contribution is 5.18. The van der Waals surface area contributed by atoms with Crippen molar-refractivity contribution in [2.24, 2.45) is 5.92 Å². The van der Waals surface area contributed by atoms with Gasteiger partial charge < -0.3 is 14.2 Å². The number of hydrogen-bond acceptors (Lipinski definition) is 3. The Morgan fingerprint density at radius 1 is 0.875 bits per heavy atom. The molecule has 0 aliphatic heterocycles. The molecule has 16 heavy (non-hydrogen) atoms. The Kier molecular flexibility index (Phi) is 5.46. The lowest BCUT2D eigenvalue weighted by Gasteiger charge is -2.28. The topological polar surface area (TPSA) is 27.7 Å². The molecule has 1 rings (SSSR count). The molecule has 0 spiro atoms. The summed E-state index contributed by atoms with van der Waals surface area (Å²) in [5.41, 5.74) is 1.14. The van der Waals surface area contributed by atoms with Crippen LogP contribution in [0.3, 0.4) is 0 Å². The molecule has 0 saturated carbocycles. The molecule has 0 radical (unpaired) electrons. The molecule has 3 nitrogen and oxygen atoms in total. The van der Waals surface area contributed by atoms with Crippen molar-refractivity contribution in [3.8, 4) is 0 Å². The monoisotopic (exact) mass is 224 g/mol. The Bertz CT molecular complexity index is 282. The fourth-order valence-electron chi connectivity index (χ4n) is 1.97. The van der Waals surface area contributed by atoms with Crippen LogP contribution in [0.5, 0.6) is 0 Å². The van der Waals surface area contributed by atoms with Crippen molar-refractivity contribution in [1.82, 2.24) is 0 Å². The Morgan fingerprint density at radius 2 is 1.44 bits per heavy atom. The van der Waals surface area contributed by atoms with Crippen LogP contribution in [-0.2, 0) is 14.2 Å². The maximum Gasteiger partial charge on any atom is 0.162 e. The second kappa shape index (κ2) is 6.63. The molecule has 0 bridgehead atoms. The lowest BCUT2D eigenvalue weighted by molar-refractivity contribution is -0.161. The quantitative estimate of drug-likeness (QED) is 0.695. The van der Waals surface area contributed by atoms with Crippen molar-refractivity contribution >= 4 is 0 Å². The first-order valence-corrected chi connectivity index (χ1v) is 5.38. The molecule has 1 aromatic rings. The van der Waals surface area contributed by atoms with Crippen molar-refractivity contribution in [3.63, 3.8) is 0 Å². The van der Waals surface area contributed by atoms with Crippen molar-refractivity contribution in [1.29, 1.82) is 0 Å². The molecule has 2 atom stereocenters. The van der Waals surface area contributed by atoms with E-state index >= 15 is 0 Å². The predicted molar refractivity (Wildman–Crippen MR) is 63.2 cm³/mol. The van der Waals surface area contributed by atoms with Gasteiger partial charge in [0.05, 0.1) is 6.10 Å². The third-order valence-electron chi connectivity index (χ3n) is 2.75. The molecule has 0 unspecified atom stereocenters. The largest absolute Gasteiger partial charge is 0.376 e. The van der Waals surface area contributed by atoms with Gasteiger partial charge in [-0.05, 0) is 5.56 Å². The first-order valence-electron chi connectivity index (χ1n) is 5.38. The molecule has 90 valence electrons. The van der Waals surface area contributed by atoms with Crippen LogP contribution in [0, 0.1) is 5.92 Å². The second-order valence-electron chi connectivity index (χ2n) is 3.77. The van der Waals surface area contributed by atoms with Gasteiger partial charge in [-0.2, -0.15) is 0 Å². The highest BCUT2D eigenvalue weighted by Crippen LogP contribution is 2.28. The van der Waals surface area contributed by atoms with Gasteiger partial charge >= 0.3 is 0 Å². The predicted octanol–water partition coefficient (Wildman–Crippen LogP) is 2.63. The Morgan fingerprint density at radius 3 is 1.88 bits per heavy atom. The summed E-state index contributed by atoms with van der Waals surface area (Å²) in [5, 5.41) is 0. The number of hydrogen-bond donors (Lipinski definition) is 0. The normalized spacial score (nSPS) is 15.1. The average molecular weight is 224 g/mol. The van der Waals surface area contributed by atoms with Gasteiger partial charge in [0.15, 0.2) is 6.29 Å². The Hall–Kier alpha value is -0.900. The lowest BCUT2D eigenvalue weighted by Crippen LogP contribution is -2.28. The number of benzene rings is 1. The molecule has 0 N–H and O–H groups in total. The SMILES string of the molecule is COC(OC)[C@@H](C)[C@H](OC)c1ccccc1. The number of methoxy groups -OCH3 is 3. The third-order valence-corrected chi connectivity index (χ3v) is 2.75. The summed E-state index contributed by atoms with van der Waals surface area (Å²) < 4.78 is 16.0. The molecule has 0 heterocycles. The van der Waals surface area contributed by atoms with E-state index < -0.39 is 0 Å². The van der Waals surface area contributed by atoms with E-state index in [-0.39, 0.29) is 18.3 Å². The van der Waals surface area contributed by atoms with Crippen LogP contribution in [-0.4, -0.2) is 27.6 Å². The summed E-state index contributed by atoms with van der Waals surface area (Å²) in [4.78, 5) is 0. The van der Waals surface area contributed by atoms with Crippen LogP contribution in [0.4, 0.5) is 0 Å². The van der Waals surface area contributed by atoms with E-state index in [2.05, 4.69) is 6.92 Å². The van der Waals surface area contributed by atoms with E-state index in [4.69, 9.17) is 14.2 Å². The van der Waals surface area contributed by atoms with E-state index in [1.165, 1.54) is 0 Å². The zero-order valence-corrected chi connectivity index (χ0v) is 10.3. The van der Waals surface area contributed by atoms with Gasteiger partial charge in [0.1, 0.15) is 0 Å². The molecular formula is C13H20O3. The summed E-state index contributed by atoms with van der Waals surface area (Å²) in [6.07, 6.45) is -0.281. The zero-order chi connectivity index (χ0) is 12.0. The van der Waals surface area contributed by atoms with Gasteiger partial charge in [0.2, 0.25) is 0 Å². The second-order valence-corrected chi connectivity index (χ2v) is 3.77. The standard InChI is InChI=1S/C13H20O3/c1-10(13(15-3)16-4)12(14-2)11-8-6-5-7-9-11/h5-10,12-13H,1-4H3/t10-,12-/m0/s1. The van der Waals surface area contributed by atoms with Crippen LogP contribution in [0.2, 0.25) is 0 Å². The average Bonchev–Trinajstić information content (AvgIpc) is 2.33. The molecule has 1 aromatic carbocycles. The van der Waals surface area contributed by atoms with Crippen LogP contribution >= 0.6 is 0 Å². The lowest BCUT2D eigenvalue weighted by atomic mass is 9.96. The number of rotatable bonds is 6. The summed E-state index contributed by atoms with van der Waals surface area (Å²) >= 11 is 0. The van der Waals surface area contributed by atoms with E-state index in [9.17, 15) is 0 Å². The van der Waals surface area contributed by atoms with Crippen LogP contribution in [0.15, 0.2) is 30.3 Å². The van der Waals surface area contributed by atoms with Gasteiger partial charge in [-0.15, -0.1) is 0 Å². The van der Waals surface area contributed by atoms with Crippen LogP contribution < -0.4 is 0 Å². The fraction of sp³-hybridized carbons (Fsp3) is 0.538. The summed E-state index contributed by atoms with van der Waals surface area (Å²) in [5.74, 6) is 0.127. The Balaban J connectivity index is 2.82. The maximum atomic E-state index is 5.52. The van der Waals surface area contributed by atoms with Gasteiger partial charge in [-0.3, -0.25) is 0 Å². The molecule has 0 amide bonds. The molecule has 0 fully saturated rings. The van der Waals surface area contributed by atoms with Crippen molar-refractivity contribution in [2.75, 3.05) is 21.3 Å². The van der Waals surface area contributed by atoms with Gasteiger partial charge in [-0.1, -0.05) is 37.3 Å². The smallest absolute Gasteiger partial charge is 0.162 e. The van der Waals surface area contributed by atoms with Crippen molar-refractivity contribution in [3.05, 3.63) is 35.9 Å². The molecular weight excluding hydrogens is 204 g/mol. The van der Waals surface area contributed by atoms with Gasteiger partial charge in [0, 0.05) is 27.2 Å². The first-order chi connectivity index (χ1) is 7.74. The summed E-state index contributed by atoms with van der Waals surface area (Å²) in [6.45, 7) is 2.05. The van der Waals surface area contributed by atoms with E-state index in [1.807, 2.05) is 30.3 Å². The maximum absolute atomic E-state index is 5.52. The van der Waals surface area contributed by atoms with Gasteiger partial charge in [-0.25, -0.2) is 0 Å². The Labute approximate surface area is 97.3 Å². The van der Waals surface area contributed by atoms with E-state index in [1.54, 1.807) is 21.3 Å². The van der Waals surface area contributed by atoms with Crippen LogP contribution in [0.1, 0.15) is 18.6 Å². The van der Waals surface area contributed by atoms with E-state index in [0.29, 0.717) is 0 Å². The minimum Gasteiger partial charge on any atom is -0.376 e. The van der Waals surface area contributed by atoms with E-state index in [0.717, 1.165) is 5.56 Å². The molecule has 0 aliphatic carbocycles. The molecule has 0 aliphatic rings. The molecule has 3 heteroatoms. The minimum atomic E-state index is -0.259. The number of ether oxygens (including phenoxy) is 3. The molecule has 0 saturated heterocycles. The van der Waals surface area contributed by atoms with Crippen molar-refractivity contribution in [2.45, 2.75) is 19.3 Å². The summed E-state index contributed by atoms with van der Waals surface area (Å²) in [7, 11) is 4.99. The fourth-order valence-corrected chi connectivity index (χ4v) is 1.97. The summed E-state index contributed by atoms with van der Waals surface area (Å²) in [6, 6.07) is 10.1. The minimum absolute atomic E-state index is 0.0221. The third kappa shape index (κ3) is 3.04. The van der Waals surface area contributed by atoms with Crippen molar-refractivity contribution < 1.29 is 14.2 Å². The zero-order valence-electron chi connectivity index (χ0n) is 10.3. The van der Waals surface area contributed by atoms with Crippen LogP contribution in [0.25, 0.3) is 0 Å². The highest BCUT2D eigenvalue weighted by atomic mass is 16.7.